The van der Waals surface area contributed by atoms with Crippen molar-refractivity contribution in [2.45, 2.75) is 38.8 Å². The number of ether oxygens (including phenoxy) is 1. The van der Waals surface area contributed by atoms with Gasteiger partial charge in [-0.15, -0.1) is 35.3 Å². The van der Waals surface area contributed by atoms with Crippen molar-refractivity contribution in [3.05, 3.63) is 21.9 Å². The molecule has 3 rings (SSSR count). The number of aliphatic imine (C=N–C) groups is 1. The molecule has 0 radical (unpaired) electrons. The largest absolute Gasteiger partial charge is 0.379 e. The molecule has 1 N–H and O–H groups in total. The van der Waals surface area contributed by atoms with Crippen LogP contribution in [0.1, 0.15) is 30.2 Å². The normalized spacial score (nSPS) is 18.8. The summed E-state index contributed by atoms with van der Waals surface area (Å²) in [6.45, 7) is 8.02. The molecule has 1 aliphatic heterocycles. The summed E-state index contributed by atoms with van der Waals surface area (Å²) >= 11 is 1.90. The fourth-order valence-electron chi connectivity index (χ4n) is 3.24. The summed E-state index contributed by atoms with van der Waals surface area (Å²) in [5.41, 5.74) is 1.51. The molecule has 2 aliphatic rings. The number of nitrogens with one attached hydrogen (secondary N) is 1. The molecule has 1 aromatic heterocycles. The number of nitrogens with zero attached hydrogens (tertiary/aromatic N) is 3. The number of hydrogen-bond donors (Lipinski definition) is 1. The molecule has 2 heterocycles. The molecule has 7 heteroatoms. The predicted octanol–water partition coefficient (Wildman–Crippen LogP) is 3.05. The third kappa shape index (κ3) is 6.35. The van der Waals surface area contributed by atoms with Gasteiger partial charge in [0.2, 0.25) is 0 Å². The Bertz CT molecular complexity index is 576. The standard InChI is InChI=1S/C19H32N4OS.HI/c1-15(23-8-6-18-17(13-23)7-11-25-18)12-21-19(20-2)22(3)9-10-24-14-16-4-5-16;/h7,11,15-16H,4-6,8-10,12-14H2,1-3H3,(H,20,21);1H. The third-order valence-corrected chi connectivity index (χ3v) is 6.23. The summed E-state index contributed by atoms with van der Waals surface area (Å²) < 4.78 is 5.74. The molecule has 0 bridgehead atoms. The summed E-state index contributed by atoms with van der Waals surface area (Å²) in [5, 5.41) is 5.75. The molecule has 1 atom stereocenters. The highest BCUT2D eigenvalue weighted by molar-refractivity contribution is 14.0. The fraction of sp³-hybridized carbons (Fsp3) is 0.737. The second-order valence-electron chi connectivity index (χ2n) is 7.31. The minimum absolute atomic E-state index is 0. The van der Waals surface area contributed by atoms with Gasteiger partial charge in [-0.25, -0.2) is 0 Å². The molecule has 148 valence electrons. The second kappa shape index (κ2) is 10.8. The first-order valence-corrected chi connectivity index (χ1v) is 10.3. The van der Waals surface area contributed by atoms with Crippen LogP contribution in [0.15, 0.2) is 16.4 Å². The summed E-state index contributed by atoms with van der Waals surface area (Å²) in [6, 6.07) is 2.77. The lowest BCUT2D eigenvalue weighted by Gasteiger charge is -2.33. The van der Waals surface area contributed by atoms with Crippen LogP contribution >= 0.6 is 35.3 Å². The summed E-state index contributed by atoms with van der Waals surface area (Å²) in [6.07, 6.45) is 3.88. The minimum atomic E-state index is 0. The Kier molecular flexibility index (Phi) is 9.12. The van der Waals surface area contributed by atoms with Gasteiger partial charge in [-0.3, -0.25) is 9.89 Å². The number of halogens is 1. The van der Waals surface area contributed by atoms with Crippen molar-refractivity contribution in [2.24, 2.45) is 10.9 Å². The van der Waals surface area contributed by atoms with Crippen molar-refractivity contribution in [1.82, 2.24) is 15.1 Å². The maximum atomic E-state index is 5.74. The zero-order valence-electron chi connectivity index (χ0n) is 16.2. The molecule has 0 spiro atoms. The van der Waals surface area contributed by atoms with Crippen LogP contribution in [-0.4, -0.2) is 68.7 Å². The highest BCUT2D eigenvalue weighted by atomic mass is 127. The molecular weight excluding hydrogens is 459 g/mol. The van der Waals surface area contributed by atoms with E-state index in [9.17, 15) is 0 Å². The van der Waals surface area contributed by atoms with Gasteiger partial charge in [0.15, 0.2) is 5.96 Å². The van der Waals surface area contributed by atoms with E-state index in [1.165, 1.54) is 24.8 Å². The zero-order chi connectivity index (χ0) is 17.6. The molecule has 0 saturated heterocycles. The van der Waals surface area contributed by atoms with E-state index in [0.29, 0.717) is 6.04 Å². The van der Waals surface area contributed by atoms with Crippen LogP contribution < -0.4 is 5.32 Å². The van der Waals surface area contributed by atoms with Gasteiger partial charge in [-0.1, -0.05) is 0 Å². The van der Waals surface area contributed by atoms with Gasteiger partial charge < -0.3 is 15.0 Å². The van der Waals surface area contributed by atoms with Gasteiger partial charge in [0.25, 0.3) is 0 Å². The Morgan fingerprint density at radius 1 is 1.50 bits per heavy atom. The van der Waals surface area contributed by atoms with Gasteiger partial charge in [0, 0.05) is 57.8 Å². The van der Waals surface area contributed by atoms with E-state index < -0.39 is 0 Å². The second-order valence-corrected chi connectivity index (χ2v) is 8.31. The molecule has 26 heavy (non-hydrogen) atoms. The Hall–Kier alpha value is -0.380. The van der Waals surface area contributed by atoms with Crippen molar-refractivity contribution >= 4 is 41.3 Å². The van der Waals surface area contributed by atoms with E-state index in [4.69, 9.17) is 4.74 Å². The number of hydrogen-bond acceptors (Lipinski definition) is 4. The van der Waals surface area contributed by atoms with E-state index in [-0.39, 0.29) is 24.0 Å². The van der Waals surface area contributed by atoms with Crippen LogP contribution in [0.5, 0.6) is 0 Å². The van der Waals surface area contributed by atoms with E-state index >= 15 is 0 Å². The van der Waals surface area contributed by atoms with Gasteiger partial charge >= 0.3 is 0 Å². The first kappa shape index (κ1) is 21.9. The summed E-state index contributed by atoms with van der Waals surface area (Å²) in [4.78, 5) is 10.7. The first-order chi connectivity index (χ1) is 12.2. The van der Waals surface area contributed by atoms with Crippen LogP contribution in [0.4, 0.5) is 0 Å². The van der Waals surface area contributed by atoms with E-state index in [0.717, 1.165) is 51.3 Å². The number of thiophene rings is 1. The van der Waals surface area contributed by atoms with Crippen molar-refractivity contribution in [2.75, 3.05) is 46.9 Å². The Labute approximate surface area is 179 Å². The minimum Gasteiger partial charge on any atom is -0.379 e. The maximum absolute atomic E-state index is 5.74. The first-order valence-electron chi connectivity index (χ1n) is 9.46. The monoisotopic (exact) mass is 492 g/mol. The van der Waals surface area contributed by atoms with E-state index in [2.05, 4.69) is 45.5 Å². The predicted molar refractivity (Wildman–Crippen MR) is 121 cm³/mol. The molecular formula is C19H33IN4OS. The van der Waals surface area contributed by atoms with E-state index in [1.807, 2.05) is 18.4 Å². The van der Waals surface area contributed by atoms with Gasteiger partial charge in [0.05, 0.1) is 6.61 Å². The lowest BCUT2D eigenvalue weighted by molar-refractivity contribution is 0.115. The van der Waals surface area contributed by atoms with Crippen molar-refractivity contribution in [3.8, 4) is 0 Å². The van der Waals surface area contributed by atoms with Crippen molar-refractivity contribution in [1.29, 1.82) is 0 Å². The van der Waals surface area contributed by atoms with Crippen LogP contribution in [-0.2, 0) is 17.7 Å². The lowest BCUT2D eigenvalue weighted by atomic mass is 10.1. The van der Waals surface area contributed by atoms with E-state index in [1.54, 1.807) is 4.88 Å². The highest BCUT2D eigenvalue weighted by Crippen LogP contribution is 2.28. The Morgan fingerprint density at radius 3 is 3.04 bits per heavy atom. The number of guanidine groups is 1. The van der Waals surface area contributed by atoms with Crippen molar-refractivity contribution in [3.63, 3.8) is 0 Å². The average molecular weight is 492 g/mol. The molecule has 0 amide bonds. The molecule has 1 aromatic rings. The Morgan fingerprint density at radius 2 is 2.31 bits per heavy atom. The molecule has 1 saturated carbocycles. The fourth-order valence-corrected chi connectivity index (χ4v) is 4.13. The molecule has 1 unspecified atom stereocenters. The number of likely N-dealkylation sites (N-methyl/N-ethyl adjacent to an activating group) is 1. The zero-order valence-corrected chi connectivity index (χ0v) is 19.4. The molecule has 1 fully saturated rings. The number of rotatable bonds is 8. The van der Waals surface area contributed by atoms with Gasteiger partial charge in [-0.2, -0.15) is 0 Å². The van der Waals surface area contributed by atoms with Crippen LogP contribution in [0.3, 0.4) is 0 Å². The highest BCUT2D eigenvalue weighted by Gasteiger charge is 2.22. The number of fused-ring (bicyclic) bond motifs is 1. The quantitative estimate of drug-likeness (QED) is 0.262. The lowest BCUT2D eigenvalue weighted by Crippen LogP contribution is -2.48. The smallest absolute Gasteiger partial charge is 0.193 e. The van der Waals surface area contributed by atoms with Crippen LogP contribution in [0, 0.1) is 5.92 Å². The van der Waals surface area contributed by atoms with Gasteiger partial charge in [0.1, 0.15) is 0 Å². The van der Waals surface area contributed by atoms with Crippen LogP contribution in [0.2, 0.25) is 0 Å². The Balaban J connectivity index is 0.00000243. The third-order valence-electron chi connectivity index (χ3n) is 5.21. The topological polar surface area (TPSA) is 40.1 Å². The SMILES string of the molecule is CN=C(NCC(C)N1CCc2sccc2C1)N(C)CCOCC1CC1.I. The average Bonchev–Trinajstić information content (AvgIpc) is 3.33. The summed E-state index contributed by atoms with van der Waals surface area (Å²) in [5.74, 6) is 1.78. The van der Waals surface area contributed by atoms with Gasteiger partial charge in [-0.05, 0) is 49.1 Å². The molecule has 0 aromatic carbocycles. The maximum Gasteiger partial charge on any atom is 0.193 e. The van der Waals surface area contributed by atoms with Crippen molar-refractivity contribution < 1.29 is 4.74 Å². The molecule has 1 aliphatic carbocycles. The van der Waals surface area contributed by atoms with Crippen LogP contribution in [0.25, 0.3) is 0 Å². The molecule has 5 nitrogen and oxygen atoms in total. The summed E-state index contributed by atoms with van der Waals surface area (Å²) in [7, 11) is 3.94.